The minimum atomic E-state index is -1.72. The molecule has 0 spiro atoms. The summed E-state index contributed by atoms with van der Waals surface area (Å²) in [6, 6.07) is 8.30. The number of phenolic OH excluding ortho intramolecular Hbond substituents is 1. The van der Waals surface area contributed by atoms with Gasteiger partial charge in [0.25, 0.3) is 0 Å². The van der Waals surface area contributed by atoms with Gasteiger partial charge < -0.3 is 49.3 Å². The maximum Gasteiger partial charge on any atom is 0.238 e. The second-order valence-corrected chi connectivity index (χ2v) is 7.47. The van der Waals surface area contributed by atoms with Crippen molar-refractivity contribution in [1.29, 1.82) is 0 Å². The van der Waals surface area contributed by atoms with Crippen molar-refractivity contribution in [3.8, 4) is 34.3 Å². The van der Waals surface area contributed by atoms with E-state index in [0.717, 1.165) is 0 Å². The molecular formula is C22H22O11. The Labute approximate surface area is 186 Å². The Bertz CT molecular complexity index is 1200. The number of methoxy groups -OCH3 is 1. The van der Waals surface area contributed by atoms with Gasteiger partial charge in [-0.1, -0.05) is 0 Å². The third-order valence-corrected chi connectivity index (χ3v) is 5.37. The lowest BCUT2D eigenvalue weighted by Crippen LogP contribution is -2.60. The summed E-state index contributed by atoms with van der Waals surface area (Å²) < 4.78 is 21.9. The molecule has 1 aromatic heterocycles. The molecule has 1 aliphatic rings. The SMILES string of the molecule is COc1cc(O[C@@H]2O[C@@H](CO)[C@@H](O)[C@H](O)[C@H]2O)c2c(=O)c(O)c(-c3ccc(O)cc3)oc2c1. The average molecular weight is 462 g/mol. The second kappa shape index (κ2) is 8.89. The number of ether oxygens (including phenoxy) is 3. The number of phenols is 1. The Hall–Kier alpha value is -3.35. The zero-order chi connectivity index (χ0) is 23.9. The zero-order valence-corrected chi connectivity index (χ0v) is 17.3. The summed E-state index contributed by atoms with van der Waals surface area (Å²) in [5.74, 6) is -0.891. The van der Waals surface area contributed by atoms with Crippen LogP contribution in [0.15, 0.2) is 45.6 Å². The molecule has 6 N–H and O–H groups in total. The van der Waals surface area contributed by atoms with E-state index < -0.39 is 48.5 Å². The summed E-state index contributed by atoms with van der Waals surface area (Å²) in [6.07, 6.45) is -7.80. The molecule has 0 radical (unpaired) electrons. The molecule has 0 unspecified atom stereocenters. The third-order valence-electron chi connectivity index (χ3n) is 5.37. The summed E-state index contributed by atoms with van der Waals surface area (Å²) in [6.45, 7) is -0.664. The molecule has 33 heavy (non-hydrogen) atoms. The Morgan fingerprint density at radius 3 is 2.33 bits per heavy atom. The molecule has 11 nitrogen and oxygen atoms in total. The first-order chi connectivity index (χ1) is 15.7. The lowest BCUT2D eigenvalue weighted by molar-refractivity contribution is -0.277. The van der Waals surface area contributed by atoms with E-state index in [4.69, 9.17) is 18.6 Å². The van der Waals surface area contributed by atoms with Gasteiger partial charge >= 0.3 is 0 Å². The van der Waals surface area contributed by atoms with Gasteiger partial charge in [0.15, 0.2) is 5.76 Å². The van der Waals surface area contributed by atoms with Gasteiger partial charge in [-0.15, -0.1) is 0 Å². The molecule has 1 aliphatic heterocycles. The second-order valence-electron chi connectivity index (χ2n) is 7.47. The summed E-state index contributed by atoms with van der Waals surface area (Å²) >= 11 is 0. The number of aliphatic hydroxyl groups is 4. The smallest absolute Gasteiger partial charge is 0.238 e. The van der Waals surface area contributed by atoms with Crippen LogP contribution in [0.4, 0.5) is 0 Å². The highest BCUT2D eigenvalue weighted by molar-refractivity contribution is 5.88. The van der Waals surface area contributed by atoms with Crippen molar-refractivity contribution in [2.45, 2.75) is 30.7 Å². The Morgan fingerprint density at radius 2 is 1.70 bits per heavy atom. The van der Waals surface area contributed by atoms with E-state index in [1.165, 1.54) is 43.5 Å². The molecule has 176 valence electrons. The molecule has 1 saturated heterocycles. The Kier molecular flexibility index (Phi) is 6.15. The van der Waals surface area contributed by atoms with Crippen molar-refractivity contribution >= 4 is 11.0 Å². The fourth-order valence-corrected chi connectivity index (χ4v) is 3.56. The molecule has 4 rings (SSSR count). The van der Waals surface area contributed by atoms with E-state index in [9.17, 15) is 35.4 Å². The van der Waals surface area contributed by atoms with Crippen LogP contribution in [-0.2, 0) is 4.74 Å². The fraction of sp³-hybridized carbons (Fsp3) is 0.318. The number of hydrogen-bond donors (Lipinski definition) is 6. The Balaban J connectivity index is 1.83. The van der Waals surface area contributed by atoms with Crippen LogP contribution < -0.4 is 14.9 Å². The molecule has 2 heterocycles. The number of aliphatic hydroxyl groups excluding tert-OH is 4. The molecule has 0 amide bonds. The van der Waals surface area contributed by atoms with Gasteiger partial charge in [-0.25, -0.2) is 0 Å². The normalized spacial score (nSPS) is 25.2. The van der Waals surface area contributed by atoms with Crippen molar-refractivity contribution < 1.29 is 49.3 Å². The van der Waals surface area contributed by atoms with Gasteiger partial charge in [-0.3, -0.25) is 4.79 Å². The number of hydrogen-bond acceptors (Lipinski definition) is 11. The number of rotatable bonds is 5. The van der Waals surface area contributed by atoms with E-state index in [2.05, 4.69) is 0 Å². The van der Waals surface area contributed by atoms with Crippen LogP contribution >= 0.6 is 0 Å². The van der Waals surface area contributed by atoms with Crippen LogP contribution in [0.1, 0.15) is 0 Å². The van der Waals surface area contributed by atoms with Crippen molar-refractivity contribution in [3.05, 3.63) is 46.6 Å². The number of aromatic hydroxyl groups is 2. The van der Waals surface area contributed by atoms with E-state index in [0.29, 0.717) is 5.56 Å². The Morgan fingerprint density at radius 1 is 1.00 bits per heavy atom. The van der Waals surface area contributed by atoms with Gasteiger partial charge in [-0.05, 0) is 24.3 Å². The van der Waals surface area contributed by atoms with Crippen LogP contribution in [0.5, 0.6) is 23.0 Å². The third kappa shape index (κ3) is 4.08. The summed E-state index contributed by atoms with van der Waals surface area (Å²) in [4.78, 5) is 13.1. The van der Waals surface area contributed by atoms with Crippen LogP contribution in [0.3, 0.4) is 0 Å². The molecule has 2 aromatic carbocycles. The largest absolute Gasteiger partial charge is 0.508 e. The fourth-order valence-electron chi connectivity index (χ4n) is 3.56. The highest BCUT2D eigenvalue weighted by Crippen LogP contribution is 2.37. The first-order valence-electron chi connectivity index (χ1n) is 9.89. The van der Waals surface area contributed by atoms with E-state index >= 15 is 0 Å². The molecule has 1 fully saturated rings. The van der Waals surface area contributed by atoms with Gasteiger partial charge in [0, 0.05) is 17.7 Å². The molecular weight excluding hydrogens is 440 g/mol. The molecule has 0 bridgehead atoms. The predicted octanol–water partition coefficient (Wildman–Crippen LogP) is 0.0585. The highest BCUT2D eigenvalue weighted by atomic mass is 16.7. The van der Waals surface area contributed by atoms with Gasteiger partial charge in [0.1, 0.15) is 52.6 Å². The molecule has 0 saturated carbocycles. The highest BCUT2D eigenvalue weighted by Gasteiger charge is 2.45. The van der Waals surface area contributed by atoms with Gasteiger partial charge in [0.2, 0.25) is 17.5 Å². The first kappa shape index (κ1) is 22.8. The maximum atomic E-state index is 13.1. The average Bonchev–Trinajstić information content (AvgIpc) is 2.81. The summed E-state index contributed by atoms with van der Waals surface area (Å²) in [5, 5.41) is 59.4. The summed E-state index contributed by atoms with van der Waals surface area (Å²) in [7, 11) is 1.36. The van der Waals surface area contributed by atoms with E-state index in [1.807, 2.05) is 0 Å². The van der Waals surface area contributed by atoms with E-state index in [-0.39, 0.29) is 34.0 Å². The molecule has 0 aliphatic carbocycles. The van der Waals surface area contributed by atoms with Crippen LogP contribution in [0, 0.1) is 0 Å². The molecule has 3 aromatic rings. The predicted molar refractivity (Wildman–Crippen MR) is 112 cm³/mol. The minimum absolute atomic E-state index is 0.0155. The topological polar surface area (TPSA) is 179 Å². The van der Waals surface area contributed by atoms with E-state index in [1.54, 1.807) is 0 Å². The van der Waals surface area contributed by atoms with Crippen LogP contribution in [0.25, 0.3) is 22.3 Å². The quantitative estimate of drug-likeness (QED) is 0.302. The first-order valence-corrected chi connectivity index (χ1v) is 9.89. The van der Waals surface area contributed by atoms with Crippen molar-refractivity contribution in [2.75, 3.05) is 13.7 Å². The maximum absolute atomic E-state index is 13.1. The van der Waals surface area contributed by atoms with Crippen LogP contribution in [0.2, 0.25) is 0 Å². The monoisotopic (exact) mass is 462 g/mol. The van der Waals surface area contributed by atoms with Gasteiger partial charge in [-0.2, -0.15) is 0 Å². The molecule has 11 heteroatoms. The number of benzene rings is 2. The zero-order valence-electron chi connectivity index (χ0n) is 17.3. The van der Waals surface area contributed by atoms with Crippen molar-refractivity contribution in [3.63, 3.8) is 0 Å². The van der Waals surface area contributed by atoms with Crippen LogP contribution in [-0.4, -0.2) is 75.1 Å². The lowest BCUT2D eigenvalue weighted by Gasteiger charge is -2.39. The summed E-state index contributed by atoms with van der Waals surface area (Å²) in [5.41, 5.74) is -0.565. The standard InChI is InChI=1S/C22H22O11/c1-30-11-6-12-15(17(26)19(28)21(31-12)9-2-4-10(24)5-3-9)13(7-11)32-22-20(29)18(27)16(25)14(8-23)33-22/h2-7,14,16,18,20,22-25,27-29H,8H2,1H3/t14-,16+,18-,20+,22+/m0/s1. The number of fused-ring (bicyclic) bond motifs is 1. The van der Waals surface area contributed by atoms with Crippen molar-refractivity contribution in [1.82, 2.24) is 0 Å². The van der Waals surface area contributed by atoms with Gasteiger partial charge in [0.05, 0.1) is 13.7 Å². The lowest BCUT2D eigenvalue weighted by atomic mass is 9.99. The minimum Gasteiger partial charge on any atom is -0.508 e. The van der Waals surface area contributed by atoms with Crippen molar-refractivity contribution in [2.24, 2.45) is 0 Å². The molecule has 5 atom stereocenters.